The van der Waals surface area contributed by atoms with E-state index in [4.69, 9.17) is 27.9 Å². The number of sulfone groups is 1. The number of fused-ring (bicyclic) bond motifs is 2. The van der Waals surface area contributed by atoms with E-state index in [1.807, 2.05) is 62.4 Å². The van der Waals surface area contributed by atoms with E-state index in [1.54, 1.807) is 4.90 Å². The van der Waals surface area contributed by atoms with Crippen molar-refractivity contribution < 1.29 is 27.5 Å². The third-order valence-electron chi connectivity index (χ3n) is 8.29. The van der Waals surface area contributed by atoms with Gasteiger partial charge >= 0.3 is 0 Å². The quantitative estimate of drug-likeness (QED) is 0.0857. The molecule has 3 aromatic rings. The zero-order chi connectivity index (χ0) is 34.3. The number of aryl methyl sites for hydroxylation is 2. The number of nitrogens with zero attached hydrogens (tertiary/aromatic N) is 1. The summed E-state index contributed by atoms with van der Waals surface area (Å²) in [6.07, 6.45) is 4.42. The fourth-order valence-corrected chi connectivity index (χ4v) is 8.26. The molecule has 2 aliphatic carbocycles. The molecule has 0 spiro atoms. The smallest absolute Gasteiger partial charge is 0.243 e. The number of alkyl halides is 1. The molecule has 11 heteroatoms. The molecule has 2 bridgehead atoms. The Hall–Kier alpha value is -2.95. The number of benzene rings is 3. The summed E-state index contributed by atoms with van der Waals surface area (Å²) in [6.45, 7) is 6.79. The number of hydrogen-bond donors (Lipinski definition) is 0. The average Bonchev–Trinajstić information content (AvgIpc) is 3.51. The minimum absolute atomic E-state index is 0.0371. The van der Waals surface area contributed by atoms with Gasteiger partial charge in [-0.15, -0.1) is 11.6 Å². The van der Waals surface area contributed by atoms with Crippen LogP contribution in [0.2, 0.25) is 5.02 Å². The predicted octanol–water partition coefficient (Wildman–Crippen LogP) is 8.09. The lowest BCUT2D eigenvalue weighted by Crippen LogP contribution is -2.35. The van der Waals surface area contributed by atoms with E-state index in [0.29, 0.717) is 6.61 Å². The van der Waals surface area contributed by atoms with Crippen LogP contribution in [0.15, 0.2) is 87.0 Å². The Morgan fingerprint density at radius 1 is 1.00 bits per heavy atom. The lowest BCUT2D eigenvalue weighted by Gasteiger charge is -2.25. The van der Waals surface area contributed by atoms with Crippen LogP contribution in [0.25, 0.3) is 0 Å². The summed E-state index contributed by atoms with van der Waals surface area (Å²) in [5.41, 5.74) is 3.50. The van der Waals surface area contributed by atoms with Crippen LogP contribution in [0.3, 0.4) is 0 Å². The Bertz CT molecular complexity index is 1780. The predicted molar refractivity (Wildman–Crippen MR) is 189 cm³/mol. The molecule has 0 heterocycles. The number of para-hydroxylation sites is 1. The van der Waals surface area contributed by atoms with Gasteiger partial charge in [0.05, 0.1) is 21.2 Å². The number of rotatable bonds is 11. The Labute approximate surface area is 291 Å². The van der Waals surface area contributed by atoms with Crippen molar-refractivity contribution >= 4 is 68.0 Å². The van der Waals surface area contributed by atoms with Gasteiger partial charge in [0.2, 0.25) is 5.91 Å². The number of thioether (sulfide) groups is 1. The van der Waals surface area contributed by atoms with E-state index < -0.39 is 15.6 Å². The van der Waals surface area contributed by atoms with Crippen LogP contribution in [0.4, 0.5) is 5.69 Å². The van der Waals surface area contributed by atoms with Crippen LogP contribution >= 0.6 is 35.0 Å². The van der Waals surface area contributed by atoms with Gasteiger partial charge in [0.25, 0.3) is 0 Å². The molecule has 2 atom stereocenters. The van der Waals surface area contributed by atoms with Gasteiger partial charge in [-0.3, -0.25) is 19.3 Å². The van der Waals surface area contributed by atoms with Crippen LogP contribution in [0.1, 0.15) is 54.6 Å². The van der Waals surface area contributed by atoms with Gasteiger partial charge in [0.15, 0.2) is 21.4 Å². The first-order valence-corrected chi connectivity index (χ1v) is 19.1. The maximum atomic E-state index is 13.4. The van der Waals surface area contributed by atoms with E-state index in [0.717, 1.165) is 58.6 Å². The molecule has 0 aliphatic heterocycles. The molecule has 5 rings (SSSR count). The molecule has 1 amide bonds. The highest BCUT2D eigenvalue weighted by atomic mass is 35.5. The van der Waals surface area contributed by atoms with Crippen LogP contribution in [-0.4, -0.2) is 51.4 Å². The summed E-state index contributed by atoms with van der Waals surface area (Å²) in [6, 6.07) is 19.8. The number of Topliss-reactive ketones (excluding diaryl/α,β-unsaturated/α-hetero) is 2. The Balaban J connectivity index is 0.000000240. The van der Waals surface area contributed by atoms with E-state index >= 15 is 0 Å². The van der Waals surface area contributed by atoms with E-state index in [9.17, 15) is 22.8 Å². The molecule has 7 nitrogen and oxygen atoms in total. The summed E-state index contributed by atoms with van der Waals surface area (Å²) in [5, 5.41) is 0.0419. The zero-order valence-corrected chi connectivity index (χ0v) is 30.1. The molecule has 0 N–H and O–H groups in total. The lowest BCUT2D eigenvalue weighted by atomic mass is 9.84. The molecule has 47 heavy (non-hydrogen) atoms. The molecule has 0 radical (unpaired) electrons. The normalized spacial score (nSPS) is 17.3. The highest BCUT2D eigenvalue weighted by molar-refractivity contribution is 8.03. The molecule has 0 saturated heterocycles. The van der Waals surface area contributed by atoms with Gasteiger partial charge in [-0.25, -0.2) is 8.42 Å². The molecule has 2 aliphatic rings. The van der Waals surface area contributed by atoms with Crippen molar-refractivity contribution in [3.63, 3.8) is 0 Å². The van der Waals surface area contributed by atoms with Gasteiger partial charge in [-0.05, 0) is 86.9 Å². The Morgan fingerprint density at radius 2 is 1.70 bits per heavy atom. The SMILES string of the molecule is CCOCN(C(=O)CCl)c1c(C)cccc1CC.CS(=O)(=O)c1ccc(C(=O)C2=C(Sc3ccccc3)C3CCC(C3)C2=O)c(Cl)c1. The summed E-state index contributed by atoms with van der Waals surface area (Å²) >= 11 is 13.4. The summed E-state index contributed by atoms with van der Waals surface area (Å²) < 4.78 is 28.9. The van der Waals surface area contributed by atoms with Crippen molar-refractivity contribution in [3.8, 4) is 0 Å². The first-order valence-electron chi connectivity index (χ1n) is 15.5. The van der Waals surface area contributed by atoms with E-state index in [-0.39, 0.29) is 57.2 Å². The van der Waals surface area contributed by atoms with Crippen molar-refractivity contribution in [2.45, 2.75) is 56.2 Å². The van der Waals surface area contributed by atoms with Crippen molar-refractivity contribution in [1.29, 1.82) is 0 Å². The lowest BCUT2D eigenvalue weighted by molar-refractivity contribution is -0.119. The first kappa shape index (κ1) is 36.9. The number of halogens is 2. The fourth-order valence-electron chi connectivity index (χ4n) is 5.91. The largest absolute Gasteiger partial charge is 0.361 e. The monoisotopic (exact) mass is 715 g/mol. The molecule has 250 valence electrons. The molecule has 3 aromatic carbocycles. The first-order chi connectivity index (χ1) is 22.4. The number of allylic oxidation sites excluding steroid dienone is 2. The molecule has 0 aromatic heterocycles. The minimum Gasteiger partial charge on any atom is -0.361 e. The minimum atomic E-state index is -3.44. The molecule has 2 unspecified atom stereocenters. The van der Waals surface area contributed by atoms with E-state index in [2.05, 4.69) is 6.92 Å². The van der Waals surface area contributed by atoms with Crippen molar-refractivity contribution in [1.82, 2.24) is 0 Å². The van der Waals surface area contributed by atoms with Crippen LogP contribution in [-0.2, 0) is 30.6 Å². The van der Waals surface area contributed by atoms with Crippen LogP contribution in [0, 0.1) is 18.8 Å². The highest BCUT2D eigenvalue weighted by Crippen LogP contribution is 2.50. The maximum absolute atomic E-state index is 13.4. The van der Waals surface area contributed by atoms with Gasteiger partial charge < -0.3 is 4.74 Å². The summed E-state index contributed by atoms with van der Waals surface area (Å²) in [7, 11) is -3.44. The van der Waals surface area contributed by atoms with Gasteiger partial charge in [0.1, 0.15) is 12.6 Å². The number of anilines is 1. The zero-order valence-electron chi connectivity index (χ0n) is 26.9. The number of carbonyl (C=O) groups is 3. The summed E-state index contributed by atoms with van der Waals surface area (Å²) in [4.78, 5) is 41.9. The number of ether oxygens (including phenoxy) is 1. The standard InChI is InChI=1S/C22H19ClO4S2.C14H20ClNO2/c1-29(26,27)16-9-10-17(18(23)12-16)21(25)19-20(24)13-7-8-14(11-13)22(19)28-15-5-3-2-4-6-15;1-4-12-8-6-7-11(3)14(12)16(10-18-5-2)13(17)9-15/h2-6,9-10,12-14H,7-8,11H2,1H3;6-8H,4-5,9-10H2,1-3H3. The van der Waals surface area contributed by atoms with Crippen LogP contribution < -0.4 is 4.90 Å². The maximum Gasteiger partial charge on any atom is 0.243 e. The van der Waals surface area contributed by atoms with Gasteiger partial charge in [-0.1, -0.05) is 66.7 Å². The second-order valence-corrected chi connectivity index (χ2v) is 15.3. The second-order valence-electron chi connectivity index (χ2n) is 11.5. The van der Waals surface area contributed by atoms with Crippen molar-refractivity contribution in [3.05, 3.63) is 98.9 Å². The third kappa shape index (κ3) is 8.75. The molecule has 1 saturated carbocycles. The Kier molecular flexibility index (Phi) is 12.9. The number of amides is 1. The summed E-state index contributed by atoms with van der Waals surface area (Å²) in [5.74, 6) is -0.636. The van der Waals surface area contributed by atoms with Gasteiger partial charge in [0, 0.05) is 34.1 Å². The highest BCUT2D eigenvalue weighted by Gasteiger charge is 2.43. The fraction of sp³-hybridized carbons (Fsp3) is 0.361. The van der Waals surface area contributed by atoms with Crippen LogP contribution in [0.5, 0.6) is 0 Å². The Morgan fingerprint density at radius 3 is 2.32 bits per heavy atom. The molecule has 1 fully saturated rings. The number of carbonyl (C=O) groups excluding carboxylic acids is 3. The average molecular weight is 717 g/mol. The van der Waals surface area contributed by atoms with Crippen molar-refractivity contribution in [2.24, 2.45) is 11.8 Å². The van der Waals surface area contributed by atoms with Crippen molar-refractivity contribution in [2.75, 3.05) is 30.4 Å². The molecular weight excluding hydrogens is 677 g/mol. The molecular formula is C36H39Cl2NO6S2. The number of hydrogen-bond acceptors (Lipinski definition) is 7. The topological polar surface area (TPSA) is 97.8 Å². The van der Waals surface area contributed by atoms with Gasteiger partial charge in [-0.2, -0.15) is 0 Å². The number of ketones is 2. The van der Waals surface area contributed by atoms with E-state index in [1.165, 1.54) is 30.0 Å². The second kappa shape index (κ2) is 16.4. The third-order valence-corrected chi connectivity index (χ3v) is 11.2.